The van der Waals surface area contributed by atoms with Gasteiger partial charge in [0.05, 0.1) is 4.34 Å². The third-order valence-corrected chi connectivity index (χ3v) is 4.25. The largest absolute Gasteiger partial charge is 0.313 e. The van der Waals surface area contributed by atoms with Crippen LogP contribution in [0.1, 0.15) is 22.0 Å². The highest BCUT2D eigenvalue weighted by molar-refractivity contribution is 7.16. The third-order valence-electron chi connectivity index (χ3n) is 3.00. The number of halogens is 2. The van der Waals surface area contributed by atoms with Crippen LogP contribution in [-0.2, 0) is 6.42 Å². The lowest BCUT2D eigenvalue weighted by atomic mass is 9.98. The first-order valence-electron chi connectivity index (χ1n) is 5.77. The number of hydrogen-bond acceptors (Lipinski definition) is 2. The Hall–Kier alpha value is -0.900. The van der Waals surface area contributed by atoms with Crippen LogP contribution < -0.4 is 5.32 Å². The standard InChI is InChI=1S/C14H15ClFNS/c1-9-3-4-10(16)7-12(9)13(17-2)8-11-5-6-14(15)18-11/h3-7,13,17H,8H2,1-2H3. The molecule has 2 aromatic rings. The van der Waals surface area contributed by atoms with Gasteiger partial charge in [0, 0.05) is 17.3 Å². The fourth-order valence-electron chi connectivity index (χ4n) is 2.02. The van der Waals surface area contributed by atoms with Gasteiger partial charge < -0.3 is 5.32 Å². The second-order valence-electron chi connectivity index (χ2n) is 4.25. The normalized spacial score (nSPS) is 12.7. The van der Waals surface area contributed by atoms with Gasteiger partial charge in [-0.2, -0.15) is 0 Å². The van der Waals surface area contributed by atoms with Crippen molar-refractivity contribution in [2.45, 2.75) is 19.4 Å². The lowest BCUT2D eigenvalue weighted by Crippen LogP contribution is -2.19. The minimum Gasteiger partial charge on any atom is -0.313 e. The fourth-order valence-corrected chi connectivity index (χ4v) is 3.15. The molecule has 0 aliphatic carbocycles. The van der Waals surface area contributed by atoms with Gasteiger partial charge >= 0.3 is 0 Å². The van der Waals surface area contributed by atoms with Crippen molar-refractivity contribution < 1.29 is 4.39 Å². The summed E-state index contributed by atoms with van der Waals surface area (Å²) in [6.07, 6.45) is 0.818. The van der Waals surface area contributed by atoms with E-state index >= 15 is 0 Å². The lowest BCUT2D eigenvalue weighted by Gasteiger charge is -2.18. The first-order chi connectivity index (χ1) is 8.60. The van der Waals surface area contributed by atoms with Crippen molar-refractivity contribution in [3.63, 3.8) is 0 Å². The van der Waals surface area contributed by atoms with Gasteiger partial charge in [0.25, 0.3) is 0 Å². The molecule has 1 aromatic carbocycles. The van der Waals surface area contributed by atoms with Gasteiger partial charge in [-0.15, -0.1) is 11.3 Å². The van der Waals surface area contributed by atoms with Crippen LogP contribution in [0.15, 0.2) is 30.3 Å². The molecule has 0 bridgehead atoms. The Morgan fingerprint density at radius 3 is 2.72 bits per heavy atom. The Balaban J connectivity index is 2.25. The van der Waals surface area contributed by atoms with Crippen LogP contribution in [0.4, 0.5) is 4.39 Å². The highest BCUT2D eigenvalue weighted by Crippen LogP contribution is 2.28. The van der Waals surface area contributed by atoms with Gasteiger partial charge in [-0.1, -0.05) is 17.7 Å². The number of aryl methyl sites for hydroxylation is 1. The number of likely N-dealkylation sites (N-methyl/N-ethyl adjacent to an activating group) is 1. The molecular weight excluding hydrogens is 269 g/mol. The van der Waals surface area contributed by atoms with Gasteiger partial charge in [0.2, 0.25) is 0 Å². The van der Waals surface area contributed by atoms with Crippen LogP contribution >= 0.6 is 22.9 Å². The summed E-state index contributed by atoms with van der Waals surface area (Å²) in [6.45, 7) is 2.00. The molecule has 4 heteroatoms. The van der Waals surface area contributed by atoms with Crippen molar-refractivity contribution in [3.8, 4) is 0 Å². The smallest absolute Gasteiger partial charge is 0.123 e. The first kappa shape index (κ1) is 13.5. The Morgan fingerprint density at radius 2 is 2.11 bits per heavy atom. The molecule has 0 amide bonds. The summed E-state index contributed by atoms with van der Waals surface area (Å²) < 4.78 is 14.1. The molecule has 0 saturated heterocycles. The predicted molar refractivity (Wildman–Crippen MR) is 76.0 cm³/mol. The van der Waals surface area contributed by atoms with E-state index in [1.165, 1.54) is 10.9 Å². The Morgan fingerprint density at radius 1 is 1.33 bits per heavy atom. The first-order valence-corrected chi connectivity index (χ1v) is 6.97. The van der Waals surface area contributed by atoms with E-state index in [1.54, 1.807) is 17.4 Å². The van der Waals surface area contributed by atoms with E-state index in [0.717, 1.165) is 21.9 Å². The SMILES string of the molecule is CNC(Cc1ccc(Cl)s1)c1cc(F)ccc1C. The molecule has 0 aliphatic heterocycles. The highest BCUT2D eigenvalue weighted by Gasteiger charge is 2.14. The van der Waals surface area contributed by atoms with Crippen LogP contribution in [0.2, 0.25) is 4.34 Å². The zero-order valence-electron chi connectivity index (χ0n) is 10.3. The minimum absolute atomic E-state index is 0.107. The number of hydrogen-bond donors (Lipinski definition) is 1. The molecule has 1 atom stereocenters. The van der Waals surface area contributed by atoms with Crippen molar-refractivity contribution in [2.75, 3.05) is 7.05 Å². The molecule has 2 rings (SSSR count). The Kier molecular flexibility index (Phi) is 4.38. The predicted octanol–water partition coefficient (Wildman–Crippen LogP) is 4.35. The lowest BCUT2D eigenvalue weighted by molar-refractivity contribution is 0.577. The summed E-state index contributed by atoms with van der Waals surface area (Å²) in [5.41, 5.74) is 2.10. The van der Waals surface area contributed by atoms with Crippen LogP contribution in [0.3, 0.4) is 0 Å². The molecule has 1 N–H and O–H groups in total. The van der Waals surface area contributed by atoms with E-state index in [4.69, 9.17) is 11.6 Å². The molecule has 18 heavy (non-hydrogen) atoms. The maximum absolute atomic E-state index is 13.3. The summed E-state index contributed by atoms with van der Waals surface area (Å²) in [6, 6.07) is 8.93. The van der Waals surface area contributed by atoms with E-state index in [0.29, 0.717) is 0 Å². The molecule has 1 aromatic heterocycles. The highest BCUT2D eigenvalue weighted by atomic mass is 35.5. The molecule has 0 aliphatic rings. The summed E-state index contributed by atoms with van der Waals surface area (Å²) in [7, 11) is 1.89. The Labute approximate surface area is 116 Å². The number of nitrogens with one attached hydrogen (secondary N) is 1. The monoisotopic (exact) mass is 283 g/mol. The summed E-state index contributed by atoms with van der Waals surface area (Å²) in [5, 5.41) is 3.24. The third kappa shape index (κ3) is 3.10. The van der Waals surface area contributed by atoms with Crippen LogP contribution in [0, 0.1) is 12.7 Å². The van der Waals surface area contributed by atoms with Crippen molar-refractivity contribution in [2.24, 2.45) is 0 Å². The number of benzene rings is 1. The molecule has 0 spiro atoms. The van der Waals surface area contributed by atoms with Crippen LogP contribution in [0.25, 0.3) is 0 Å². The summed E-state index contributed by atoms with van der Waals surface area (Å²) in [5.74, 6) is -0.194. The zero-order chi connectivity index (χ0) is 13.1. The quantitative estimate of drug-likeness (QED) is 0.879. The average Bonchev–Trinajstić information content (AvgIpc) is 2.75. The molecule has 1 unspecified atom stereocenters. The van der Waals surface area contributed by atoms with Crippen LogP contribution in [-0.4, -0.2) is 7.05 Å². The second kappa shape index (κ2) is 5.83. The van der Waals surface area contributed by atoms with E-state index in [2.05, 4.69) is 5.32 Å². The van der Waals surface area contributed by atoms with Crippen molar-refractivity contribution in [1.29, 1.82) is 0 Å². The van der Waals surface area contributed by atoms with Crippen molar-refractivity contribution in [1.82, 2.24) is 5.32 Å². The van der Waals surface area contributed by atoms with Gasteiger partial charge in [-0.05, 0) is 49.4 Å². The van der Waals surface area contributed by atoms with Gasteiger partial charge in [-0.25, -0.2) is 4.39 Å². The molecule has 96 valence electrons. The van der Waals surface area contributed by atoms with Gasteiger partial charge in [0.15, 0.2) is 0 Å². The molecule has 1 heterocycles. The molecule has 0 saturated carbocycles. The molecule has 1 nitrogen and oxygen atoms in total. The fraction of sp³-hybridized carbons (Fsp3) is 0.286. The molecule has 0 fully saturated rings. The number of thiophene rings is 1. The van der Waals surface area contributed by atoms with E-state index in [9.17, 15) is 4.39 Å². The van der Waals surface area contributed by atoms with Crippen molar-refractivity contribution >= 4 is 22.9 Å². The van der Waals surface area contributed by atoms with Crippen LogP contribution in [0.5, 0.6) is 0 Å². The topological polar surface area (TPSA) is 12.0 Å². The van der Waals surface area contributed by atoms with Gasteiger partial charge in [0.1, 0.15) is 5.82 Å². The zero-order valence-corrected chi connectivity index (χ0v) is 11.9. The van der Waals surface area contributed by atoms with Gasteiger partial charge in [-0.3, -0.25) is 0 Å². The molecular formula is C14H15ClFNS. The summed E-state index contributed by atoms with van der Waals surface area (Å²) in [4.78, 5) is 1.20. The van der Waals surface area contributed by atoms with E-state index in [1.807, 2.05) is 32.2 Å². The van der Waals surface area contributed by atoms with E-state index < -0.39 is 0 Å². The Bertz CT molecular complexity index is 538. The molecule has 0 radical (unpaired) electrons. The van der Waals surface area contributed by atoms with E-state index in [-0.39, 0.29) is 11.9 Å². The van der Waals surface area contributed by atoms with Crippen molar-refractivity contribution in [3.05, 3.63) is 56.5 Å². The minimum atomic E-state index is -0.194. The maximum Gasteiger partial charge on any atom is 0.123 e. The average molecular weight is 284 g/mol. The summed E-state index contributed by atoms with van der Waals surface area (Å²) >= 11 is 7.50. The maximum atomic E-state index is 13.3. The number of rotatable bonds is 4. The second-order valence-corrected chi connectivity index (χ2v) is 6.05.